The Labute approximate surface area is 316 Å². The van der Waals surface area contributed by atoms with E-state index in [4.69, 9.17) is 71.5 Å². The molecule has 0 spiro atoms. The average Bonchev–Trinajstić information content (AvgIpc) is 3.18. The van der Waals surface area contributed by atoms with Gasteiger partial charge in [0.15, 0.2) is 11.6 Å². The van der Waals surface area contributed by atoms with Crippen LogP contribution in [-0.2, 0) is 0 Å². The second kappa shape index (κ2) is 13.4. The molecular weight excluding hydrogens is 646 g/mol. The van der Waals surface area contributed by atoms with Gasteiger partial charge in [-0.1, -0.05) is 125 Å². The average molecular weight is 665 g/mol. The van der Waals surface area contributed by atoms with E-state index < -0.39 is 0 Å². The maximum Gasteiger partial charge on any atom is 0.226 e. The molecule has 0 aliphatic carbocycles. The van der Waals surface area contributed by atoms with Crippen molar-refractivity contribution in [3.63, 3.8) is 0 Å². The molecule has 226 valence electrons. The summed E-state index contributed by atoms with van der Waals surface area (Å²) < 4.78 is 0. The summed E-state index contributed by atoms with van der Waals surface area (Å²) in [6.07, 6.45) is 0. The van der Waals surface area contributed by atoms with Crippen molar-refractivity contribution in [2.75, 3.05) is 0 Å². The lowest BCUT2D eigenvalue weighted by molar-refractivity contribution is 1.07. The quantitative estimate of drug-likeness (QED) is 0.266. The lowest BCUT2D eigenvalue weighted by Crippen LogP contribution is -2.52. The first-order chi connectivity index (χ1) is 25.1. The van der Waals surface area contributed by atoms with E-state index in [1.54, 1.807) is 0 Å². The van der Waals surface area contributed by atoms with Crippen LogP contribution in [0.3, 0.4) is 0 Å². The number of rotatable bonds is 5. The molecule has 0 fully saturated rings. The molecule has 14 radical (unpaired) electrons. The van der Waals surface area contributed by atoms with Gasteiger partial charge in [0, 0.05) is 11.1 Å². The van der Waals surface area contributed by atoms with Gasteiger partial charge in [0.25, 0.3) is 0 Å². The first kappa shape index (κ1) is 33.9. The normalized spacial score (nSPS) is 11.3. The van der Waals surface area contributed by atoms with Gasteiger partial charge in [0.2, 0.25) is 5.28 Å². The lowest BCUT2D eigenvalue weighted by Gasteiger charge is -2.25. The molecule has 8 rings (SSSR count). The van der Waals surface area contributed by atoms with Gasteiger partial charge in [-0.2, -0.15) is 9.97 Å². The third kappa shape index (κ3) is 5.70. The third-order valence-corrected chi connectivity index (χ3v) is 9.66. The predicted molar refractivity (Wildman–Crippen MR) is 225 cm³/mol. The molecular formula is C41H19B7ClN3. The van der Waals surface area contributed by atoms with Crippen LogP contribution in [0.15, 0.2) is 115 Å². The Hall–Kier alpha value is -5.19. The monoisotopic (exact) mass is 665 g/mol. The summed E-state index contributed by atoms with van der Waals surface area (Å²) in [7, 11) is 44.7. The molecule has 1 heterocycles. The minimum absolute atomic E-state index is 0.0374. The fourth-order valence-corrected chi connectivity index (χ4v) is 7.05. The highest BCUT2D eigenvalue weighted by Crippen LogP contribution is 2.37. The van der Waals surface area contributed by atoms with Crippen LogP contribution in [0, 0.1) is 0 Å². The van der Waals surface area contributed by atoms with Gasteiger partial charge < -0.3 is 0 Å². The van der Waals surface area contributed by atoms with Crippen LogP contribution < -0.4 is 38.2 Å². The van der Waals surface area contributed by atoms with Gasteiger partial charge in [0.1, 0.15) is 54.9 Å². The molecule has 11 heteroatoms. The second-order valence-corrected chi connectivity index (χ2v) is 12.8. The Morgan fingerprint density at radius 3 is 1.40 bits per heavy atom. The predicted octanol–water partition coefficient (Wildman–Crippen LogP) is 2.72. The zero-order valence-electron chi connectivity index (χ0n) is 27.7. The number of benzene rings is 7. The zero-order valence-corrected chi connectivity index (χ0v) is 28.5. The summed E-state index contributed by atoms with van der Waals surface area (Å²) >= 11 is 6.56. The first-order valence-electron chi connectivity index (χ1n) is 16.3. The van der Waals surface area contributed by atoms with Gasteiger partial charge in [-0.25, -0.2) is 4.98 Å². The minimum atomic E-state index is 0.0374. The largest absolute Gasteiger partial charge is 0.226 e. The molecule has 0 amide bonds. The molecule has 0 aliphatic heterocycles. The van der Waals surface area contributed by atoms with Crippen molar-refractivity contribution < 1.29 is 0 Å². The highest BCUT2D eigenvalue weighted by Gasteiger charge is 2.19. The van der Waals surface area contributed by atoms with Crippen LogP contribution in [-0.4, -0.2) is 69.9 Å². The molecule has 7 aromatic carbocycles. The topological polar surface area (TPSA) is 38.7 Å². The molecule has 0 bridgehead atoms. The molecule has 52 heavy (non-hydrogen) atoms. The standard InChI is InChI=1S/C41H19B7ClN3/c42-32-29(30-31(34(44)36(32)46)35(45)38(48)37(47)33(30)43)22-11-7-13-24(19-22)40-50-39(51-41(49)52-40)23-12-6-10-21(18-23)26-17-16-25(20-8-2-1-3-9-20)27-14-4-5-15-28(26)27/h1-19H. The summed E-state index contributed by atoms with van der Waals surface area (Å²) in [5, 5.41) is 3.16. The highest BCUT2D eigenvalue weighted by molar-refractivity contribution is 6.71. The summed E-state index contributed by atoms with van der Waals surface area (Å²) in [5.41, 5.74) is 8.11. The third-order valence-electron chi connectivity index (χ3n) is 9.49. The van der Waals surface area contributed by atoms with Crippen LogP contribution in [0.5, 0.6) is 0 Å². The summed E-state index contributed by atoms with van der Waals surface area (Å²) in [6.45, 7) is 0. The van der Waals surface area contributed by atoms with Crippen molar-refractivity contribution in [1.29, 1.82) is 0 Å². The van der Waals surface area contributed by atoms with E-state index in [1.807, 2.05) is 42.5 Å². The summed E-state index contributed by atoms with van der Waals surface area (Å²) in [4.78, 5) is 13.9. The molecule has 0 saturated carbocycles. The Balaban J connectivity index is 1.23. The van der Waals surface area contributed by atoms with Gasteiger partial charge in [0.05, 0.1) is 0 Å². The van der Waals surface area contributed by atoms with E-state index >= 15 is 0 Å². The van der Waals surface area contributed by atoms with Gasteiger partial charge in [-0.05, 0) is 78.7 Å². The van der Waals surface area contributed by atoms with Crippen LogP contribution >= 0.6 is 11.6 Å². The van der Waals surface area contributed by atoms with Crippen LogP contribution in [0.1, 0.15) is 0 Å². The fraction of sp³-hybridized carbons (Fsp3) is 0. The number of hydrogen-bond acceptors (Lipinski definition) is 3. The van der Waals surface area contributed by atoms with Crippen molar-refractivity contribution in [2.24, 2.45) is 0 Å². The molecule has 0 unspecified atom stereocenters. The van der Waals surface area contributed by atoms with Crippen LogP contribution in [0.25, 0.3) is 77.7 Å². The molecule has 0 atom stereocenters. The van der Waals surface area contributed by atoms with E-state index in [0.717, 1.165) is 33.0 Å². The van der Waals surface area contributed by atoms with Crippen molar-refractivity contribution in [1.82, 2.24) is 15.0 Å². The number of nitrogens with zero attached hydrogens (tertiary/aromatic N) is 3. The molecule has 3 nitrogen and oxygen atoms in total. The summed E-state index contributed by atoms with van der Waals surface area (Å²) in [5.74, 6) is 0.761. The van der Waals surface area contributed by atoms with Crippen LogP contribution in [0.2, 0.25) is 5.28 Å². The first-order valence-corrected chi connectivity index (χ1v) is 16.7. The number of fused-ring (bicyclic) bond motifs is 2. The smallest absolute Gasteiger partial charge is 0.208 e. The SMILES string of the molecule is [B]c1c([B])c([B])c2c(-c3cccc(-c4nc(Cl)nc(-c5cccc(-c6ccc(-c7ccccc7)c7ccccc67)c5)n4)c3)c([B])c([B])c([B])c2c1[B]. The van der Waals surface area contributed by atoms with Crippen molar-refractivity contribution >= 4 is 126 Å². The molecule has 0 saturated heterocycles. The molecule has 0 aliphatic rings. The van der Waals surface area contributed by atoms with E-state index in [-0.39, 0.29) is 43.5 Å². The molecule has 8 aromatic rings. The lowest BCUT2D eigenvalue weighted by atomic mass is 9.59. The minimum Gasteiger partial charge on any atom is -0.208 e. The van der Waals surface area contributed by atoms with E-state index in [1.165, 1.54) is 5.56 Å². The Bertz CT molecular complexity index is 2730. The van der Waals surface area contributed by atoms with Crippen molar-refractivity contribution in [3.8, 4) is 56.2 Å². The maximum atomic E-state index is 6.60. The van der Waals surface area contributed by atoms with E-state index in [9.17, 15) is 0 Å². The van der Waals surface area contributed by atoms with Crippen molar-refractivity contribution in [3.05, 3.63) is 121 Å². The highest BCUT2D eigenvalue weighted by atomic mass is 35.5. The van der Waals surface area contributed by atoms with Gasteiger partial charge >= 0.3 is 0 Å². The van der Waals surface area contributed by atoms with E-state index in [2.05, 4.69) is 82.8 Å². The second-order valence-electron chi connectivity index (χ2n) is 12.5. The molecule has 1 aromatic heterocycles. The number of hydrogen-bond donors (Lipinski definition) is 0. The van der Waals surface area contributed by atoms with E-state index in [0.29, 0.717) is 39.1 Å². The van der Waals surface area contributed by atoms with Crippen LogP contribution in [0.4, 0.5) is 0 Å². The van der Waals surface area contributed by atoms with Gasteiger partial charge in [-0.3, -0.25) is 0 Å². The van der Waals surface area contributed by atoms with Crippen molar-refractivity contribution in [2.45, 2.75) is 0 Å². The fourth-order valence-electron chi connectivity index (χ4n) is 6.89. The number of aromatic nitrogens is 3. The Morgan fingerprint density at radius 1 is 0.365 bits per heavy atom. The maximum absolute atomic E-state index is 6.60. The Morgan fingerprint density at radius 2 is 0.808 bits per heavy atom. The van der Waals surface area contributed by atoms with Gasteiger partial charge in [-0.15, -0.1) is 16.4 Å². The number of halogens is 1. The summed E-state index contributed by atoms with van der Waals surface area (Å²) in [6, 6.07) is 38.6. The zero-order chi connectivity index (χ0) is 36.3. The Kier molecular flexibility index (Phi) is 8.75. The molecule has 0 N–H and O–H groups in total.